The number of aryl methyl sites for hydroxylation is 2. The van der Waals surface area contributed by atoms with Crippen molar-refractivity contribution in [2.45, 2.75) is 44.7 Å². The molecule has 1 fully saturated rings. The molecule has 0 aliphatic carbocycles. The number of piperidine rings is 1. The van der Waals surface area contributed by atoms with Crippen molar-refractivity contribution in [2.75, 3.05) is 20.3 Å². The number of ether oxygens (including phenoxy) is 1. The van der Waals surface area contributed by atoms with Crippen LogP contribution in [-0.4, -0.2) is 31.2 Å². The summed E-state index contributed by atoms with van der Waals surface area (Å²) in [6.07, 6.45) is 3.33. The van der Waals surface area contributed by atoms with E-state index in [1.54, 1.807) is 0 Å². The number of benzene rings is 3. The van der Waals surface area contributed by atoms with E-state index in [-0.39, 0.29) is 0 Å². The van der Waals surface area contributed by atoms with E-state index in [4.69, 9.17) is 27.9 Å². The maximum Gasteiger partial charge on any atom is 0.0618 e. The van der Waals surface area contributed by atoms with Crippen LogP contribution in [0.4, 0.5) is 0 Å². The Morgan fingerprint density at radius 3 is 2.33 bits per heavy atom. The molecule has 0 amide bonds. The lowest BCUT2D eigenvalue weighted by molar-refractivity contribution is 0.0271. The van der Waals surface area contributed by atoms with Gasteiger partial charge in [0.1, 0.15) is 0 Å². The van der Waals surface area contributed by atoms with Crippen LogP contribution in [0.2, 0.25) is 10.0 Å². The average Bonchev–Trinajstić information content (AvgIpc) is 2.81. The van der Waals surface area contributed by atoms with Gasteiger partial charge in [0.25, 0.3) is 0 Å². The van der Waals surface area contributed by atoms with Crippen LogP contribution in [-0.2, 0) is 17.7 Å². The van der Waals surface area contributed by atoms with Crippen LogP contribution in [0.5, 0.6) is 0 Å². The van der Waals surface area contributed by atoms with E-state index >= 15 is 0 Å². The minimum atomic E-state index is 0.411. The topological polar surface area (TPSA) is 12.5 Å². The van der Waals surface area contributed by atoms with Crippen LogP contribution in [0.15, 0.2) is 72.8 Å². The van der Waals surface area contributed by atoms with E-state index in [1.165, 1.54) is 22.3 Å². The molecular formula is C29H33Cl2NO. The lowest BCUT2D eigenvalue weighted by atomic mass is 9.74. The minimum absolute atomic E-state index is 0.411. The standard InChI is InChI=1S/C29H33Cl2NO/c1-21-16-26(31)14-15-28(21)29-19-32(18-23-6-4-3-5-7-23)27(20-33-2)17-24(29)11-8-22-9-12-25(30)13-10-22/h3-7,9-10,12-16,24,27,29H,8,11,17-20H2,1-2H3/t24-,27-,29+/m1/s1. The van der Waals surface area contributed by atoms with Crippen molar-refractivity contribution >= 4 is 23.2 Å². The summed E-state index contributed by atoms with van der Waals surface area (Å²) in [4.78, 5) is 2.62. The average molecular weight is 482 g/mol. The SMILES string of the molecule is COC[C@H]1C[C@@H](CCc2ccc(Cl)cc2)[C@@H](c2ccc(Cl)cc2C)CN1Cc1ccccc1. The minimum Gasteiger partial charge on any atom is -0.383 e. The second-order valence-electron chi connectivity index (χ2n) is 9.29. The fraction of sp³-hybridized carbons (Fsp3) is 0.379. The molecule has 1 saturated heterocycles. The van der Waals surface area contributed by atoms with Gasteiger partial charge in [-0.15, -0.1) is 0 Å². The molecule has 4 rings (SSSR count). The second kappa shape index (κ2) is 11.5. The highest BCUT2D eigenvalue weighted by molar-refractivity contribution is 6.30. The van der Waals surface area contributed by atoms with Crippen molar-refractivity contribution in [3.63, 3.8) is 0 Å². The Kier molecular flexibility index (Phi) is 8.49. The van der Waals surface area contributed by atoms with Crippen LogP contribution in [0.1, 0.15) is 41.0 Å². The van der Waals surface area contributed by atoms with E-state index in [0.29, 0.717) is 17.9 Å². The first-order valence-corrected chi connectivity index (χ1v) is 12.6. The second-order valence-corrected chi connectivity index (χ2v) is 10.2. The number of methoxy groups -OCH3 is 1. The Bertz CT molecular complexity index is 1020. The van der Waals surface area contributed by atoms with Gasteiger partial charge in [0, 0.05) is 36.3 Å². The summed E-state index contributed by atoms with van der Waals surface area (Å²) in [5.41, 5.74) is 5.41. The highest BCUT2D eigenvalue weighted by Crippen LogP contribution is 2.40. The molecule has 33 heavy (non-hydrogen) atoms. The number of hydrogen-bond acceptors (Lipinski definition) is 2. The number of hydrogen-bond donors (Lipinski definition) is 0. The van der Waals surface area contributed by atoms with Gasteiger partial charge in [0.2, 0.25) is 0 Å². The monoisotopic (exact) mass is 481 g/mol. The third-order valence-electron chi connectivity index (χ3n) is 7.03. The lowest BCUT2D eigenvalue weighted by Gasteiger charge is -2.45. The van der Waals surface area contributed by atoms with Crippen molar-refractivity contribution in [2.24, 2.45) is 5.92 Å². The Balaban J connectivity index is 1.60. The zero-order valence-corrected chi connectivity index (χ0v) is 21.0. The van der Waals surface area contributed by atoms with E-state index in [9.17, 15) is 0 Å². The molecule has 0 unspecified atom stereocenters. The van der Waals surface area contributed by atoms with E-state index < -0.39 is 0 Å². The quantitative estimate of drug-likeness (QED) is 0.329. The Morgan fingerprint density at radius 2 is 1.64 bits per heavy atom. The van der Waals surface area contributed by atoms with Gasteiger partial charge in [-0.2, -0.15) is 0 Å². The van der Waals surface area contributed by atoms with Crippen LogP contribution >= 0.6 is 23.2 Å². The Morgan fingerprint density at radius 1 is 0.909 bits per heavy atom. The van der Waals surface area contributed by atoms with Gasteiger partial charge in [-0.05, 0) is 84.5 Å². The van der Waals surface area contributed by atoms with Crippen molar-refractivity contribution in [3.8, 4) is 0 Å². The Hall–Kier alpha value is -1.84. The molecule has 0 spiro atoms. The molecule has 3 atom stereocenters. The molecule has 4 heteroatoms. The number of nitrogens with zero attached hydrogens (tertiary/aromatic N) is 1. The summed E-state index contributed by atoms with van der Waals surface area (Å²) in [5.74, 6) is 1.04. The number of rotatable bonds is 8. The summed E-state index contributed by atoms with van der Waals surface area (Å²) in [7, 11) is 1.82. The molecular weight excluding hydrogens is 449 g/mol. The third-order valence-corrected chi connectivity index (χ3v) is 7.51. The number of likely N-dealkylation sites (tertiary alicyclic amines) is 1. The van der Waals surface area contributed by atoms with Crippen LogP contribution in [0.25, 0.3) is 0 Å². The van der Waals surface area contributed by atoms with Gasteiger partial charge < -0.3 is 4.74 Å². The van der Waals surface area contributed by atoms with Crippen molar-refractivity contribution < 1.29 is 4.74 Å². The largest absolute Gasteiger partial charge is 0.383 e. The van der Waals surface area contributed by atoms with E-state index in [0.717, 1.165) is 49.0 Å². The van der Waals surface area contributed by atoms with Crippen molar-refractivity contribution in [3.05, 3.63) is 105 Å². The smallest absolute Gasteiger partial charge is 0.0618 e. The fourth-order valence-electron chi connectivity index (χ4n) is 5.32. The molecule has 174 valence electrons. The highest BCUT2D eigenvalue weighted by Gasteiger charge is 2.36. The predicted octanol–water partition coefficient (Wildman–Crippen LogP) is 7.56. The van der Waals surface area contributed by atoms with Gasteiger partial charge >= 0.3 is 0 Å². The van der Waals surface area contributed by atoms with Gasteiger partial charge in [0.05, 0.1) is 6.61 Å². The van der Waals surface area contributed by atoms with E-state index in [2.05, 4.69) is 66.4 Å². The first-order chi connectivity index (χ1) is 16.0. The molecule has 0 radical (unpaired) electrons. The summed E-state index contributed by atoms with van der Waals surface area (Å²) >= 11 is 12.4. The summed E-state index contributed by atoms with van der Waals surface area (Å²) in [6.45, 7) is 4.93. The van der Waals surface area contributed by atoms with Crippen LogP contribution < -0.4 is 0 Å². The lowest BCUT2D eigenvalue weighted by Crippen LogP contribution is -2.48. The van der Waals surface area contributed by atoms with Crippen molar-refractivity contribution in [1.82, 2.24) is 4.90 Å². The Labute approximate surface area is 208 Å². The maximum atomic E-state index is 6.31. The van der Waals surface area contributed by atoms with Gasteiger partial charge in [-0.3, -0.25) is 4.90 Å². The zero-order valence-electron chi connectivity index (χ0n) is 19.5. The molecule has 0 N–H and O–H groups in total. The van der Waals surface area contributed by atoms with Gasteiger partial charge in [-0.25, -0.2) is 0 Å². The molecule has 3 aromatic carbocycles. The highest BCUT2D eigenvalue weighted by atomic mass is 35.5. The summed E-state index contributed by atoms with van der Waals surface area (Å²) in [5, 5.41) is 1.60. The van der Waals surface area contributed by atoms with E-state index in [1.807, 2.05) is 25.3 Å². The first kappa shape index (κ1) is 24.3. The third kappa shape index (κ3) is 6.39. The normalized spacial score (nSPS) is 21.3. The molecule has 0 saturated carbocycles. The molecule has 1 heterocycles. The fourth-order valence-corrected chi connectivity index (χ4v) is 5.67. The first-order valence-electron chi connectivity index (χ1n) is 11.8. The zero-order chi connectivity index (χ0) is 23.2. The molecule has 2 nitrogen and oxygen atoms in total. The summed E-state index contributed by atoms with van der Waals surface area (Å²) < 4.78 is 5.68. The predicted molar refractivity (Wildman–Crippen MR) is 139 cm³/mol. The molecule has 1 aliphatic heterocycles. The molecule has 1 aliphatic rings. The van der Waals surface area contributed by atoms with Crippen molar-refractivity contribution in [1.29, 1.82) is 0 Å². The maximum absolute atomic E-state index is 6.31. The molecule has 0 aromatic heterocycles. The van der Waals surface area contributed by atoms with Gasteiger partial charge in [0.15, 0.2) is 0 Å². The summed E-state index contributed by atoms with van der Waals surface area (Å²) in [6, 6.07) is 25.9. The molecule has 3 aromatic rings. The van der Waals surface area contributed by atoms with Gasteiger partial charge in [-0.1, -0.05) is 71.7 Å². The van der Waals surface area contributed by atoms with Crippen LogP contribution in [0, 0.1) is 12.8 Å². The molecule has 0 bridgehead atoms. The van der Waals surface area contributed by atoms with Crippen LogP contribution in [0.3, 0.4) is 0 Å². The number of halogens is 2.